The van der Waals surface area contributed by atoms with Crippen LogP contribution >= 0.6 is 0 Å². The van der Waals surface area contributed by atoms with Crippen LogP contribution in [0.4, 0.5) is 4.79 Å². The number of carbonyl (C=O) groups is 2. The SMILES string of the molecule is O=C1CN(C2CCCCC2)C(=O)N1. The maximum atomic E-state index is 11.3. The van der Waals surface area contributed by atoms with Crippen LogP contribution in [0.2, 0.25) is 0 Å². The molecule has 13 heavy (non-hydrogen) atoms. The number of urea groups is 1. The van der Waals surface area contributed by atoms with Crippen molar-refractivity contribution in [1.82, 2.24) is 10.2 Å². The third kappa shape index (κ3) is 1.66. The Morgan fingerprint density at radius 3 is 2.38 bits per heavy atom. The topological polar surface area (TPSA) is 49.4 Å². The molecule has 2 fully saturated rings. The van der Waals surface area contributed by atoms with Crippen LogP contribution in [0.25, 0.3) is 0 Å². The third-order valence-corrected chi connectivity index (χ3v) is 2.84. The number of carbonyl (C=O) groups excluding carboxylic acids is 2. The van der Waals surface area contributed by atoms with Crippen molar-refractivity contribution in [1.29, 1.82) is 0 Å². The van der Waals surface area contributed by atoms with E-state index in [4.69, 9.17) is 0 Å². The van der Waals surface area contributed by atoms with E-state index in [1.54, 1.807) is 4.90 Å². The molecule has 0 aromatic heterocycles. The summed E-state index contributed by atoms with van der Waals surface area (Å²) in [7, 11) is 0. The van der Waals surface area contributed by atoms with E-state index in [2.05, 4.69) is 5.32 Å². The molecule has 72 valence electrons. The largest absolute Gasteiger partial charge is 0.324 e. The van der Waals surface area contributed by atoms with E-state index >= 15 is 0 Å². The zero-order valence-electron chi connectivity index (χ0n) is 7.58. The number of hydrogen-bond acceptors (Lipinski definition) is 2. The summed E-state index contributed by atoms with van der Waals surface area (Å²) < 4.78 is 0. The summed E-state index contributed by atoms with van der Waals surface area (Å²) in [6, 6.07) is 0.108. The highest BCUT2D eigenvalue weighted by atomic mass is 16.2. The first kappa shape index (κ1) is 8.53. The normalized spacial score (nSPS) is 25.1. The smallest absolute Gasteiger partial charge is 0.312 e. The summed E-state index contributed by atoms with van der Waals surface area (Å²) in [4.78, 5) is 23.9. The highest BCUT2D eigenvalue weighted by Crippen LogP contribution is 2.23. The molecular formula is C9H14N2O2. The number of amides is 3. The molecule has 3 amide bonds. The van der Waals surface area contributed by atoms with Crippen molar-refractivity contribution in [2.75, 3.05) is 6.54 Å². The minimum atomic E-state index is -0.197. The Hall–Kier alpha value is -1.06. The minimum Gasteiger partial charge on any atom is -0.312 e. The van der Waals surface area contributed by atoms with E-state index in [1.807, 2.05) is 0 Å². The second-order valence-electron chi connectivity index (χ2n) is 3.77. The molecule has 1 saturated heterocycles. The van der Waals surface area contributed by atoms with Crippen LogP contribution in [-0.2, 0) is 4.79 Å². The van der Waals surface area contributed by atoms with Gasteiger partial charge in [-0.2, -0.15) is 0 Å². The maximum Gasteiger partial charge on any atom is 0.324 e. The molecule has 0 aromatic rings. The third-order valence-electron chi connectivity index (χ3n) is 2.84. The molecule has 1 aliphatic carbocycles. The molecule has 0 atom stereocenters. The van der Waals surface area contributed by atoms with Gasteiger partial charge in [0.15, 0.2) is 0 Å². The average molecular weight is 182 g/mol. The van der Waals surface area contributed by atoms with Gasteiger partial charge in [-0.05, 0) is 12.8 Å². The second-order valence-corrected chi connectivity index (χ2v) is 3.77. The van der Waals surface area contributed by atoms with Gasteiger partial charge in [-0.1, -0.05) is 19.3 Å². The van der Waals surface area contributed by atoms with Gasteiger partial charge < -0.3 is 4.90 Å². The predicted molar refractivity (Wildman–Crippen MR) is 47.1 cm³/mol. The summed E-state index contributed by atoms with van der Waals surface area (Å²) in [5, 5.41) is 2.31. The molecule has 2 rings (SSSR count). The summed E-state index contributed by atoms with van der Waals surface area (Å²) >= 11 is 0. The van der Waals surface area contributed by atoms with E-state index in [-0.39, 0.29) is 18.5 Å². The lowest BCUT2D eigenvalue weighted by atomic mass is 9.94. The number of rotatable bonds is 1. The van der Waals surface area contributed by atoms with E-state index in [0.29, 0.717) is 6.04 Å². The van der Waals surface area contributed by atoms with Crippen molar-refractivity contribution in [3.05, 3.63) is 0 Å². The summed E-state index contributed by atoms with van der Waals surface area (Å²) in [6.45, 7) is 0.267. The Kier molecular flexibility index (Phi) is 2.20. The number of nitrogens with zero attached hydrogens (tertiary/aromatic N) is 1. The van der Waals surface area contributed by atoms with Gasteiger partial charge in [0.1, 0.15) is 6.54 Å². The summed E-state index contributed by atoms with van der Waals surface area (Å²) in [5.74, 6) is -0.157. The molecule has 1 aliphatic heterocycles. The Morgan fingerprint density at radius 1 is 1.15 bits per heavy atom. The Bertz CT molecular complexity index is 234. The van der Waals surface area contributed by atoms with Crippen LogP contribution in [0.3, 0.4) is 0 Å². The first-order valence-electron chi connectivity index (χ1n) is 4.88. The highest BCUT2D eigenvalue weighted by Gasteiger charge is 2.32. The van der Waals surface area contributed by atoms with Gasteiger partial charge in [-0.3, -0.25) is 10.1 Å². The molecule has 0 radical (unpaired) electrons. The number of nitrogens with one attached hydrogen (secondary N) is 1. The zero-order valence-corrected chi connectivity index (χ0v) is 7.58. The van der Waals surface area contributed by atoms with Gasteiger partial charge in [0.25, 0.3) is 0 Å². The number of imide groups is 1. The quantitative estimate of drug-likeness (QED) is 0.612. The molecule has 4 nitrogen and oxygen atoms in total. The molecule has 1 N–H and O–H groups in total. The Balaban J connectivity index is 1.99. The van der Waals surface area contributed by atoms with Crippen molar-refractivity contribution in [2.24, 2.45) is 0 Å². The first-order valence-corrected chi connectivity index (χ1v) is 4.88. The van der Waals surface area contributed by atoms with Crippen molar-refractivity contribution >= 4 is 11.9 Å². The van der Waals surface area contributed by atoms with Crippen molar-refractivity contribution < 1.29 is 9.59 Å². The molecule has 4 heteroatoms. The average Bonchev–Trinajstić information content (AvgIpc) is 2.47. The standard InChI is InChI=1S/C9H14N2O2/c12-8-6-11(9(13)10-8)7-4-2-1-3-5-7/h7H,1-6H2,(H,10,12,13). The summed E-state index contributed by atoms with van der Waals surface area (Å²) in [6.07, 6.45) is 5.74. The Morgan fingerprint density at radius 2 is 1.85 bits per heavy atom. The lowest BCUT2D eigenvalue weighted by Crippen LogP contribution is -2.39. The second kappa shape index (κ2) is 3.36. The van der Waals surface area contributed by atoms with Crippen molar-refractivity contribution in [3.63, 3.8) is 0 Å². The van der Waals surface area contributed by atoms with Crippen molar-refractivity contribution in [3.8, 4) is 0 Å². The zero-order chi connectivity index (χ0) is 9.26. The minimum absolute atomic E-state index is 0.157. The van der Waals surface area contributed by atoms with Crippen LogP contribution in [0.1, 0.15) is 32.1 Å². The fraction of sp³-hybridized carbons (Fsp3) is 0.778. The van der Waals surface area contributed by atoms with Crippen molar-refractivity contribution in [2.45, 2.75) is 38.1 Å². The Labute approximate surface area is 77.3 Å². The summed E-state index contributed by atoms with van der Waals surface area (Å²) in [5.41, 5.74) is 0. The lowest BCUT2D eigenvalue weighted by Gasteiger charge is -2.29. The molecule has 0 aromatic carbocycles. The molecule has 1 heterocycles. The number of hydrogen-bond donors (Lipinski definition) is 1. The molecule has 0 bridgehead atoms. The van der Waals surface area contributed by atoms with Gasteiger partial charge in [0, 0.05) is 6.04 Å². The molecule has 0 spiro atoms. The maximum absolute atomic E-state index is 11.3. The fourth-order valence-corrected chi connectivity index (χ4v) is 2.14. The van der Waals surface area contributed by atoms with E-state index in [1.165, 1.54) is 19.3 Å². The van der Waals surface area contributed by atoms with Crippen LogP contribution in [0.15, 0.2) is 0 Å². The molecule has 0 unspecified atom stereocenters. The van der Waals surface area contributed by atoms with Gasteiger partial charge in [-0.25, -0.2) is 4.79 Å². The highest BCUT2D eigenvalue weighted by molar-refractivity contribution is 6.02. The van der Waals surface area contributed by atoms with E-state index < -0.39 is 0 Å². The molecular weight excluding hydrogens is 168 g/mol. The van der Waals surface area contributed by atoms with Gasteiger partial charge in [0.05, 0.1) is 0 Å². The van der Waals surface area contributed by atoms with Gasteiger partial charge in [-0.15, -0.1) is 0 Å². The van der Waals surface area contributed by atoms with Crippen LogP contribution in [0.5, 0.6) is 0 Å². The van der Waals surface area contributed by atoms with E-state index in [9.17, 15) is 9.59 Å². The van der Waals surface area contributed by atoms with Crippen LogP contribution < -0.4 is 5.32 Å². The van der Waals surface area contributed by atoms with E-state index in [0.717, 1.165) is 12.8 Å². The predicted octanol–water partition coefficient (Wildman–Crippen LogP) is 0.871. The van der Waals surface area contributed by atoms with Gasteiger partial charge >= 0.3 is 6.03 Å². The van der Waals surface area contributed by atoms with Gasteiger partial charge in [0.2, 0.25) is 5.91 Å². The molecule has 2 aliphatic rings. The lowest BCUT2D eigenvalue weighted by molar-refractivity contribution is -0.118. The first-order chi connectivity index (χ1) is 6.27. The fourth-order valence-electron chi connectivity index (χ4n) is 2.14. The van der Waals surface area contributed by atoms with Crippen LogP contribution in [-0.4, -0.2) is 29.4 Å². The molecule has 1 saturated carbocycles. The monoisotopic (exact) mass is 182 g/mol. The van der Waals surface area contributed by atoms with Crippen LogP contribution in [0, 0.1) is 0 Å².